The number of unbranched alkanes of at least 4 members (excludes halogenated alkanes) is 5. The van der Waals surface area contributed by atoms with Gasteiger partial charge in [0.15, 0.2) is 0 Å². The van der Waals surface area contributed by atoms with Gasteiger partial charge in [-0.1, -0.05) is 32.6 Å². The summed E-state index contributed by atoms with van der Waals surface area (Å²) in [6.07, 6.45) is 10.1. The highest BCUT2D eigenvalue weighted by molar-refractivity contribution is 5.69. The highest BCUT2D eigenvalue weighted by atomic mass is 16.6. The SMILES string of the molecule is CCCOC(=O)CCCCCCCCC(=O)OCC1CCCO1. The Labute approximate surface area is 140 Å². The van der Waals surface area contributed by atoms with Crippen LogP contribution in [0.25, 0.3) is 0 Å². The molecule has 23 heavy (non-hydrogen) atoms. The third kappa shape index (κ3) is 11.1. The van der Waals surface area contributed by atoms with Gasteiger partial charge >= 0.3 is 11.9 Å². The van der Waals surface area contributed by atoms with Gasteiger partial charge in [-0.2, -0.15) is 0 Å². The Hall–Kier alpha value is -1.10. The first-order valence-electron chi connectivity index (χ1n) is 9.15. The summed E-state index contributed by atoms with van der Waals surface area (Å²) < 4.78 is 15.6. The van der Waals surface area contributed by atoms with E-state index in [2.05, 4.69) is 0 Å². The summed E-state index contributed by atoms with van der Waals surface area (Å²) in [4.78, 5) is 22.9. The minimum absolute atomic E-state index is 0.0826. The molecule has 0 aliphatic carbocycles. The van der Waals surface area contributed by atoms with Crippen LogP contribution in [0, 0.1) is 0 Å². The second-order valence-electron chi connectivity index (χ2n) is 6.16. The Balaban J connectivity index is 1.81. The summed E-state index contributed by atoms with van der Waals surface area (Å²) >= 11 is 0. The lowest BCUT2D eigenvalue weighted by atomic mass is 10.1. The summed E-state index contributed by atoms with van der Waals surface area (Å²) in [5, 5.41) is 0. The van der Waals surface area contributed by atoms with Gasteiger partial charge in [-0.3, -0.25) is 9.59 Å². The molecule has 0 spiro atoms. The summed E-state index contributed by atoms with van der Waals surface area (Å²) in [7, 11) is 0. The molecule has 0 radical (unpaired) electrons. The van der Waals surface area contributed by atoms with Crippen molar-refractivity contribution in [2.45, 2.75) is 83.7 Å². The first kappa shape index (κ1) is 19.9. The zero-order valence-corrected chi connectivity index (χ0v) is 14.5. The van der Waals surface area contributed by atoms with Crippen LogP contribution in [-0.4, -0.2) is 37.9 Å². The summed E-state index contributed by atoms with van der Waals surface area (Å²) in [5.41, 5.74) is 0. The van der Waals surface area contributed by atoms with E-state index in [1.54, 1.807) is 0 Å². The quantitative estimate of drug-likeness (QED) is 0.380. The van der Waals surface area contributed by atoms with Gasteiger partial charge in [-0.05, 0) is 32.1 Å². The number of carbonyl (C=O) groups excluding carboxylic acids is 2. The minimum Gasteiger partial charge on any atom is -0.466 e. The number of hydrogen-bond acceptors (Lipinski definition) is 5. The smallest absolute Gasteiger partial charge is 0.305 e. The van der Waals surface area contributed by atoms with Crippen LogP contribution in [-0.2, 0) is 23.8 Å². The van der Waals surface area contributed by atoms with E-state index in [1.807, 2.05) is 6.92 Å². The molecule has 134 valence electrons. The maximum absolute atomic E-state index is 11.6. The van der Waals surface area contributed by atoms with Crippen LogP contribution in [0.2, 0.25) is 0 Å². The Kier molecular flexibility index (Phi) is 11.6. The van der Waals surface area contributed by atoms with Crippen molar-refractivity contribution in [3.05, 3.63) is 0 Å². The zero-order valence-electron chi connectivity index (χ0n) is 14.5. The molecule has 0 saturated carbocycles. The van der Waals surface area contributed by atoms with Gasteiger partial charge in [0.2, 0.25) is 0 Å². The largest absolute Gasteiger partial charge is 0.466 e. The highest BCUT2D eigenvalue weighted by Crippen LogP contribution is 2.13. The fourth-order valence-corrected chi connectivity index (χ4v) is 2.57. The van der Waals surface area contributed by atoms with E-state index >= 15 is 0 Å². The summed E-state index contributed by atoms with van der Waals surface area (Å²) in [6, 6.07) is 0. The zero-order chi connectivity index (χ0) is 16.8. The molecule has 5 heteroatoms. The highest BCUT2D eigenvalue weighted by Gasteiger charge is 2.17. The Morgan fingerprint density at radius 1 is 0.957 bits per heavy atom. The topological polar surface area (TPSA) is 61.8 Å². The number of carbonyl (C=O) groups is 2. The molecule has 1 fully saturated rings. The molecule has 1 aliphatic heterocycles. The van der Waals surface area contributed by atoms with Crippen LogP contribution >= 0.6 is 0 Å². The first-order chi connectivity index (χ1) is 11.2. The molecule has 0 amide bonds. The van der Waals surface area contributed by atoms with Gasteiger partial charge in [-0.15, -0.1) is 0 Å². The van der Waals surface area contributed by atoms with E-state index in [4.69, 9.17) is 14.2 Å². The predicted octanol–water partition coefficient (Wildman–Crippen LogP) is 3.78. The third-order valence-corrected chi connectivity index (χ3v) is 3.93. The van der Waals surface area contributed by atoms with Crippen molar-refractivity contribution < 1.29 is 23.8 Å². The maximum Gasteiger partial charge on any atom is 0.305 e. The molecule has 1 unspecified atom stereocenters. The Morgan fingerprint density at radius 2 is 1.57 bits per heavy atom. The molecule has 0 aromatic heterocycles. The van der Waals surface area contributed by atoms with E-state index in [1.165, 1.54) is 0 Å². The van der Waals surface area contributed by atoms with Crippen LogP contribution in [0.1, 0.15) is 77.6 Å². The maximum atomic E-state index is 11.6. The lowest BCUT2D eigenvalue weighted by molar-refractivity contribution is -0.147. The predicted molar refractivity (Wildman–Crippen MR) is 88.1 cm³/mol. The van der Waals surface area contributed by atoms with Gasteiger partial charge in [0.05, 0.1) is 12.7 Å². The fourth-order valence-electron chi connectivity index (χ4n) is 2.57. The van der Waals surface area contributed by atoms with Crippen molar-refractivity contribution in [2.24, 2.45) is 0 Å². The molecule has 1 heterocycles. The molecular formula is C18H32O5. The molecule has 1 aliphatic rings. The average Bonchev–Trinajstić information content (AvgIpc) is 3.06. The third-order valence-electron chi connectivity index (χ3n) is 3.93. The normalized spacial score (nSPS) is 17.2. The number of rotatable bonds is 13. The van der Waals surface area contributed by atoms with Crippen molar-refractivity contribution in [2.75, 3.05) is 19.8 Å². The summed E-state index contributed by atoms with van der Waals surface area (Å²) in [5.74, 6) is -0.194. The van der Waals surface area contributed by atoms with Gasteiger partial charge in [0.25, 0.3) is 0 Å². The van der Waals surface area contributed by atoms with Gasteiger partial charge in [0.1, 0.15) is 6.61 Å². The second kappa shape index (κ2) is 13.3. The fraction of sp³-hybridized carbons (Fsp3) is 0.889. The van der Waals surface area contributed by atoms with Crippen LogP contribution in [0.3, 0.4) is 0 Å². The average molecular weight is 328 g/mol. The molecule has 1 saturated heterocycles. The van der Waals surface area contributed by atoms with Gasteiger partial charge in [-0.25, -0.2) is 0 Å². The number of esters is 2. The van der Waals surface area contributed by atoms with Crippen LogP contribution in [0.15, 0.2) is 0 Å². The standard InChI is InChI=1S/C18H32O5/c1-2-13-22-17(19)11-7-5-3-4-6-8-12-18(20)23-15-16-10-9-14-21-16/h16H,2-15H2,1H3. The van der Waals surface area contributed by atoms with Crippen molar-refractivity contribution in [1.82, 2.24) is 0 Å². The van der Waals surface area contributed by atoms with Crippen LogP contribution in [0.5, 0.6) is 0 Å². The molecule has 5 nitrogen and oxygen atoms in total. The molecule has 0 aromatic rings. The van der Waals surface area contributed by atoms with Crippen molar-refractivity contribution >= 4 is 11.9 Å². The van der Waals surface area contributed by atoms with Crippen molar-refractivity contribution in [1.29, 1.82) is 0 Å². The van der Waals surface area contributed by atoms with E-state index in [0.717, 1.165) is 64.4 Å². The van der Waals surface area contributed by atoms with E-state index in [9.17, 15) is 9.59 Å². The van der Waals surface area contributed by atoms with E-state index in [0.29, 0.717) is 26.1 Å². The minimum atomic E-state index is -0.112. The second-order valence-corrected chi connectivity index (χ2v) is 6.16. The van der Waals surface area contributed by atoms with Crippen LogP contribution < -0.4 is 0 Å². The molecule has 0 aromatic carbocycles. The van der Waals surface area contributed by atoms with Crippen LogP contribution in [0.4, 0.5) is 0 Å². The lowest BCUT2D eigenvalue weighted by Gasteiger charge is -2.10. The number of hydrogen-bond donors (Lipinski definition) is 0. The van der Waals surface area contributed by atoms with Crippen molar-refractivity contribution in [3.8, 4) is 0 Å². The van der Waals surface area contributed by atoms with Gasteiger partial charge < -0.3 is 14.2 Å². The molecule has 0 bridgehead atoms. The molecule has 0 N–H and O–H groups in total. The molecular weight excluding hydrogens is 296 g/mol. The number of ether oxygens (including phenoxy) is 3. The first-order valence-corrected chi connectivity index (χ1v) is 9.15. The van der Waals surface area contributed by atoms with Crippen molar-refractivity contribution in [3.63, 3.8) is 0 Å². The summed E-state index contributed by atoms with van der Waals surface area (Å²) in [6.45, 7) is 3.72. The lowest BCUT2D eigenvalue weighted by Crippen LogP contribution is -2.17. The Morgan fingerprint density at radius 3 is 2.13 bits per heavy atom. The van der Waals surface area contributed by atoms with Gasteiger partial charge in [0, 0.05) is 19.4 Å². The van der Waals surface area contributed by atoms with E-state index < -0.39 is 0 Å². The molecule has 1 atom stereocenters. The molecule has 1 rings (SSSR count). The monoisotopic (exact) mass is 328 g/mol. The Bertz CT molecular complexity index is 323. The van der Waals surface area contributed by atoms with E-state index in [-0.39, 0.29) is 18.0 Å².